The van der Waals surface area contributed by atoms with Gasteiger partial charge in [-0.1, -0.05) is 6.07 Å². The van der Waals surface area contributed by atoms with Crippen LogP contribution in [0.2, 0.25) is 0 Å². The van der Waals surface area contributed by atoms with Gasteiger partial charge in [0.05, 0.1) is 16.4 Å². The van der Waals surface area contributed by atoms with Gasteiger partial charge < -0.3 is 0 Å². The van der Waals surface area contributed by atoms with Crippen molar-refractivity contribution in [3.8, 4) is 0 Å². The summed E-state index contributed by atoms with van der Waals surface area (Å²) in [4.78, 5) is 10.1. The van der Waals surface area contributed by atoms with E-state index in [0.717, 1.165) is 3.57 Å². The molecule has 1 rings (SSSR count). The van der Waals surface area contributed by atoms with Crippen LogP contribution in [0.25, 0.3) is 0 Å². The first kappa shape index (κ1) is 9.73. The van der Waals surface area contributed by atoms with Crippen LogP contribution in [0.3, 0.4) is 0 Å². The largest absolute Gasteiger partial charge is 0.274 e. The predicted octanol–water partition coefficient (Wildman–Crippen LogP) is 2.94. The Kier molecular flexibility index (Phi) is 3.28. The average molecular weight is 297 g/mol. The fraction of sp³-hybridized carbons (Fsp3) is 0.143. The predicted molar refractivity (Wildman–Crippen MR) is 55.4 cm³/mol. The van der Waals surface area contributed by atoms with Crippen molar-refractivity contribution in [3.63, 3.8) is 0 Å². The lowest BCUT2D eigenvalue weighted by molar-refractivity contribution is -0.385. The van der Waals surface area contributed by atoms with Crippen LogP contribution in [-0.4, -0.2) is 4.92 Å². The van der Waals surface area contributed by atoms with E-state index in [4.69, 9.17) is 11.6 Å². The van der Waals surface area contributed by atoms with Gasteiger partial charge in [0, 0.05) is 9.64 Å². The normalized spacial score (nSPS) is 9.83. The van der Waals surface area contributed by atoms with Gasteiger partial charge in [-0.2, -0.15) is 0 Å². The van der Waals surface area contributed by atoms with Crippen LogP contribution < -0.4 is 0 Å². The Morgan fingerprint density at radius 3 is 2.67 bits per heavy atom. The molecule has 0 radical (unpaired) electrons. The number of halogens is 2. The Morgan fingerprint density at radius 1 is 1.58 bits per heavy atom. The van der Waals surface area contributed by atoms with Crippen molar-refractivity contribution in [2.45, 2.75) is 5.88 Å². The molecule has 0 saturated heterocycles. The van der Waals surface area contributed by atoms with Crippen LogP contribution in [-0.2, 0) is 5.88 Å². The van der Waals surface area contributed by atoms with Crippen LogP contribution in [0, 0.1) is 13.7 Å². The third kappa shape index (κ3) is 1.87. The van der Waals surface area contributed by atoms with Crippen LogP contribution in [0.1, 0.15) is 5.56 Å². The standard InChI is InChI=1S/C7H5ClINO2/c8-4-5-6(9)2-1-3-7(5)10(11)12/h1-3H,4H2. The SMILES string of the molecule is O=[N+]([O-])c1cccc(I)c1CCl. The lowest BCUT2D eigenvalue weighted by atomic mass is 10.2. The third-order valence-corrected chi connectivity index (χ3v) is 2.70. The Balaban J connectivity index is 3.27. The van der Waals surface area contributed by atoms with Crippen LogP contribution >= 0.6 is 34.2 Å². The topological polar surface area (TPSA) is 43.1 Å². The molecule has 0 saturated carbocycles. The average Bonchev–Trinajstić information content (AvgIpc) is 2.03. The van der Waals surface area contributed by atoms with Crippen LogP contribution in [0.4, 0.5) is 5.69 Å². The van der Waals surface area contributed by atoms with Gasteiger partial charge in [-0.05, 0) is 28.7 Å². The van der Waals surface area contributed by atoms with Crippen LogP contribution in [0.15, 0.2) is 18.2 Å². The summed E-state index contributed by atoms with van der Waals surface area (Å²) < 4.78 is 0.830. The first-order chi connectivity index (χ1) is 5.66. The minimum absolute atomic E-state index is 0.0944. The van der Waals surface area contributed by atoms with E-state index in [1.54, 1.807) is 12.1 Å². The number of hydrogen-bond acceptors (Lipinski definition) is 2. The number of alkyl halides is 1. The number of nitro groups is 1. The van der Waals surface area contributed by atoms with E-state index in [0.29, 0.717) is 5.56 Å². The molecule has 5 heteroatoms. The molecule has 0 unspecified atom stereocenters. The second-order valence-corrected chi connectivity index (χ2v) is 3.56. The first-order valence-corrected chi connectivity index (χ1v) is 4.76. The molecular weight excluding hydrogens is 292 g/mol. The van der Waals surface area contributed by atoms with Crippen LogP contribution in [0.5, 0.6) is 0 Å². The summed E-state index contributed by atoms with van der Waals surface area (Å²) in [6.07, 6.45) is 0. The van der Waals surface area contributed by atoms with Crippen molar-refractivity contribution in [3.05, 3.63) is 37.4 Å². The first-order valence-electron chi connectivity index (χ1n) is 3.14. The van der Waals surface area contributed by atoms with Gasteiger partial charge >= 0.3 is 0 Å². The second kappa shape index (κ2) is 4.04. The summed E-state index contributed by atoms with van der Waals surface area (Å²) in [5.74, 6) is 0.176. The maximum Gasteiger partial charge on any atom is 0.274 e. The molecule has 3 nitrogen and oxygen atoms in total. The summed E-state index contributed by atoms with van der Waals surface area (Å²) in [7, 11) is 0. The summed E-state index contributed by atoms with van der Waals surface area (Å²) in [6, 6.07) is 4.90. The second-order valence-electron chi connectivity index (χ2n) is 2.13. The highest BCUT2D eigenvalue weighted by atomic mass is 127. The van der Waals surface area contributed by atoms with Crippen molar-refractivity contribution >= 4 is 39.9 Å². The Bertz CT molecular complexity index is 316. The molecule has 0 aliphatic carbocycles. The molecule has 1 aromatic carbocycles. The van der Waals surface area contributed by atoms with Gasteiger partial charge in [0.2, 0.25) is 0 Å². The highest BCUT2D eigenvalue weighted by molar-refractivity contribution is 14.1. The number of hydrogen-bond donors (Lipinski definition) is 0. The van der Waals surface area contributed by atoms with E-state index < -0.39 is 4.92 Å². The summed E-state index contributed by atoms with van der Waals surface area (Å²) in [5.41, 5.74) is 0.682. The maximum atomic E-state index is 10.5. The van der Waals surface area contributed by atoms with Crippen molar-refractivity contribution in [2.75, 3.05) is 0 Å². The fourth-order valence-corrected chi connectivity index (χ4v) is 2.03. The van der Waals surface area contributed by atoms with Crippen molar-refractivity contribution < 1.29 is 4.92 Å². The number of nitrogens with zero attached hydrogens (tertiary/aromatic N) is 1. The lowest BCUT2D eigenvalue weighted by Crippen LogP contribution is -1.95. The van der Waals surface area contributed by atoms with Gasteiger partial charge in [-0.25, -0.2) is 0 Å². The summed E-state index contributed by atoms with van der Waals surface area (Å²) in [6.45, 7) is 0. The molecule has 0 spiro atoms. The van der Waals surface area contributed by atoms with Crippen molar-refractivity contribution in [2.24, 2.45) is 0 Å². The van der Waals surface area contributed by atoms with E-state index in [9.17, 15) is 10.1 Å². The van der Waals surface area contributed by atoms with E-state index in [-0.39, 0.29) is 11.6 Å². The van der Waals surface area contributed by atoms with E-state index in [1.807, 2.05) is 22.6 Å². The Labute approximate surface area is 88.0 Å². The number of rotatable bonds is 2. The zero-order valence-electron chi connectivity index (χ0n) is 5.96. The molecule has 0 atom stereocenters. The van der Waals surface area contributed by atoms with Crippen molar-refractivity contribution in [1.29, 1.82) is 0 Å². The van der Waals surface area contributed by atoms with E-state index >= 15 is 0 Å². The smallest absolute Gasteiger partial charge is 0.258 e. The Hall–Kier alpha value is -0.360. The molecule has 0 N–H and O–H groups in total. The van der Waals surface area contributed by atoms with Gasteiger partial charge in [0.1, 0.15) is 0 Å². The lowest BCUT2D eigenvalue weighted by Gasteiger charge is -2.00. The highest BCUT2D eigenvalue weighted by Crippen LogP contribution is 2.24. The molecule has 1 aromatic rings. The summed E-state index contributed by atoms with van der Waals surface area (Å²) >= 11 is 7.60. The minimum Gasteiger partial charge on any atom is -0.258 e. The van der Waals surface area contributed by atoms with Gasteiger partial charge in [0.15, 0.2) is 0 Å². The fourth-order valence-electron chi connectivity index (χ4n) is 0.851. The Morgan fingerprint density at radius 2 is 2.25 bits per heavy atom. The minimum atomic E-state index is -0.417. The van der Waals surface area contributed by atoms with E-state index in [1.165, 1.54) is 6.07 Å². The third-order valence-electron chi connectivity index (χ3n) is 1.42. The molecule has 0 aliphatic heterocycles. The van der Waals surface area contributed by atoms with Gasteiger partial charge in [-0.3, -0.25) is 10.1 Å². The molecule has 0 aliphatic rings. The van der Waals surface area contributed by atoms with Crippen molar-refractivity contribution in [1.82, 2.24) is 0 Å². The zero-order chi connectivity index (χ0) is 9.14. The van der Waals surface area contributed by atoms with Gasteiger partial charge in [0.25, 0.3) is 5.69 Å². The molecule has 64 valence electrons. The number of nitro benzene ring substituents is 1. The molecule has 0 fully saturated rings. The number of benzene rings is 1. The molecule has 0 bridgehead atoms. The highest BCUT2D eigenvalue weighted by Gasteiger charge is 2.14. The molecule has 0 aromatic heterocycles. The molecule has 0 heterocycles. The quantitative estimate of drug-likeness (QED) is 0.364. The molecule has 0 amide bonds. The monoisotopic (exact) mass is 297 g/mol. The molecule has 12 heavy (non-hydrogen) atoms. The molecular formula is C7H5ClINO2. The summed E-state index contributed by atoms with van der Waals surface area (Å²) in [5, 5.41) is 10.5. The van der Waals surface area contributed by atoms with E-state index in [2.05, 4.69) is 0 Å². The zero-order valence-corrected chi connectivity index (χ0v) is 8.87. The maximum absolute atomic E-state index is 10.5. The van der Waals surface area contributed by atoms with Gasteiger partial charge in [-0.15, -0.1) is 11.6 Å².